The summed E-state index contributed by atoms with van der Waals surface area (Å²) in [6.45, 7) is 1.48. The average Bonchev–Trinajstić information content (AvgIpc) is 3.64. The number of halogens is 1. The summed E-state index contributed by atoms with van der Waals surface area (Å²) in [6, 6.07) is 24.3. The lowest BCUT2D eigenvalue weighted by Crippen LogP contribution is -2.37. The lowest BCUT2D eigenvalue weighted by Gasteiger charge is -2.21. The monoisotopic (exact) mass is 538 g/mol. The highest BCUT2D eigenvalue weighted by atomic mass is 19.1. The quantitative estimate of drug-likeness (QED) is 0.254. The van der Waals surface area contributed by atoms with Crippen molar-refractivity contribution >= 4 is 17.8 Å². The number of carbonyl (C=O) groups is 2. The van der Waals surface area contributed by atoms with Gasteiger partial charge in [0, 0.05) is 17.3 Å². The van der Waals surface area contributed by atoms with Gasteiger partial charge in [0.25, 0.3) is 5.91 Å². The summed E-state index contributed by atoms with van der Waals surface area (Å²) >= 11 is 0. The minimum absolute atomic E-state index is 0.0815. The molecule has 2 heterocycles. The molecule has 0 bridgehead atoms. The van der Waals surface area contributed by atoms with E-state index in [9.17, 15) is 14.0 Å². The zero-order valence-electron chi connectivity index (χ0n) is 22.0. The Morgan fingerprint density at radius 3 is 2.48 bits per heavy atom. The van der Waals surface area contributed by atoms with E-state index in [4.69, 9.17) is 9.15 Å². The van der Waals surface area contributed by atoms with Gasteiger partial charge in [-0.2, -0.15) is 0 Å². The van der Waals surface area contributed by atoms with Crippen LogP contribution in [0.3, 0.4) is 0 Å². The minimum Gasteiger partial charge on any atom is -0.497 e. The molecule has 40 heavy (non-hydrogen) atoms. The van der Waals surface area contributed by atoms with Crippen molar-refractivity contribution in [2.45, 2.75) is 13.5 Å². The average molecular weight is 539 g/mol. The summed E-state index contributed by atoms with van der Waals surface area (Å²) in [6.07, 6.45) is 3.24. The molecular formula is C31H27FN4O4. The molecule has 9 heteroatoms. The Kier molecular flexibility index (Phi) is 7.72. The summed E-state index contributed by atoms with van der Waals surface area (Å²) in [5.41, 5.74) is 2.82. The molecule has 0 spiro atoms. The lowest BCUT2D eigenvalue weighted by atomic mass is 10.2. The highest BCUT2D eigenvalue weighted by Gasteiger charge is 2.22. The fraction of sp³-hybridized carbons (Fsp3) is 0.129. The second-order valence-corrected chi connectivity index (χ2v) is 9.14. The lowest BCUT2D eigenvalue weighted by molar-refractivity contribution is -0.117. The van der Waals surface area contributed by atoms with Crippen molar-refractivity contribution in [3.8, 4) is 22.7 Å². The Bertz CT molecular complexity index is 1610. The smallest absolute Gasteiger partial charge is 0.254 e. The van der Waals surface area contributed by atoms with Crippen LogP contribution < -0.4 is 10.1 Å². The van der Waals surface area contributed by atoms with Crippen LogP contribution in [0, 0.1) is 12.7 Å². The van der Waals surface area contributed by atoms with Gasteiger partial charge in [-0.3, -0.25) is 19.5 Å². The van der Waals surface area contributed by atoms with Crippen LogP contribution in [0.1, 0.15) is 21.7 Å². The van der Waals surface area contributed by atoms with Crippen LogP contribution >= 0.6 is 0 Å². The Balaban J connectivity index is 1.43. The van der Waals surface area contributed by atoms with Crippen LogP contribution in [0.5, 0.6) is 5.75 Å². The molecule has 1 N–H and O–H groups in total. The summed E-state index contributed by atoms with van der Waals surface area (Å²) in [7, 11) is 1.54. The predicted octanol–water partition coefficient (Wildman–Crippen LogP) is 5.87. The molecule has 5 aromatic rings. The van der Waals surface area contributed by atoms with Gasteiger partial charge in [-0.25, -0.2) is 9.37 Å². The van der Waals surface area contributed by atoms with Crippen molar-refractivity contribution in [3.05, 3.63) is 120 Å². The van der Waals surface area contributed by atoms with E-state index in [1.165, 1.54) is 17.2 Å². The minimum atomic E-state index is -0.479. The number of benzene rings is 3. The number of imidazole rings is 1. The van der Waals surface area contributed by atoms with E-state index in [2.05, 4.69) is 10.3 Å². The highest BCUT2D eigenvalue weighted by Crippen LogP contribution is 2.25. The molecule has 202 valence electrons. The van der Waals surface area contributed by atoms with Gasteiger partial charge in [-0.1, -0.05) is 36.4 Å². The third-order valence-corrected chi connectivity index (χ3v) is 6.35. The van der Waals surface area contributed by atoms with Gasteiger partial charge >= 0.3 is 0 Å². The molecule has 0 atom stereocenters. The predicted molar refractivity (Wildman–Crippen MR) is 149 cm³/mol. The molecule has 0 aliphatic rings. The van der Waals surface area contributed by atoms with Crippen molar-refractivity contribution in [2.24, 2.45) is 0 Å². The molecule has 2 aromatic heterocycles. The Labute approximate surface area is 230 Å². The number of hydrogen-bond donors (Lipinski definition) is 1. The second kappa shape index (κ2) is 11.7. The number of nitrogens with zero attached hydrogens (tertiary/aromatic N) is 3. The number of amides is 2. The number of methoxy groups -OCH3 is 1. The van der Waals surface area contributed by atoms with Crippen LogP contribution in [-0.2, 0) is 11.3 Å². The van der Waals surface area contributed by atoms with Crippen LogP contribution in [-0.4, -0.2) is 39.9 Å². The fourth-order valence-corrected chi connectivity index (χ4v) is 4.19. The Hall–Kier alpha value is -5.18. The third-order valence-electron chi connectivity index (χ3n) is 6.35. The van der Waals surface area contributed by atoms with E-state index in [-0.39, 0.29) is 30.8 Å². The van der Waals surface area contributed by atoms with Gasteiger partial charge in [0.1, 0.15) is 23.9 Å². The summed E-state index contributed by atoms with van der Waals surface area (Å²) in [5.74, 6) is 0.120. The number of nitrogens with one attached hydrogen (secondary N) is 1. The number of carbonyl (C=O) groups excluding carboxylic acids is 2. The van der Waals surface area contributed by atoms with Crippen molar-refractivity contribution in [1.82, 2.24) is 14.5 Å². The fourth-order valence-electron chi connectivity index (χ4n) is 4.19. The van der Waals surface area contributed by atoms with E-state index >= 15 is 0 Å². The van der Waals surface area contributed by atoms with Crippen molar-refractivity contribution in [1.29, 1.82) is 0 Å². The molecule has 3 aromatic carbocycles. The SMILES string of the molecule is COc1ccc(C(=O)N(CC(=O)Nc2nc(-c3ccccc3)cn2-c2ccc(C)c(F)c2)Cc2ccco2)cc1. The maximum atomic E-state index is 14.5. The number of furan rings is 1. The van der Waals surface area contributed by atoms with Crippen LogP contribution in [0.2, 0.25) is 0 Å². The molecule has 8 nitrogen and oxygen atoms in total. The topological polar surface area (TPSA) is 89.6 Å². The van der Waals surface area contributed by atoms with E-state index in [0.717, 1.165) is 5.56 Å². The Morgan fingerprint density at radius 1 is 1.02 bits per heavy atom. The highest BCUT2D eigenvalue weighted by molar-refractivity contribution is 5.99. The van der Waals surface area contributed by atoms with Crippen molar-refractivity contribution < 1.29 is 23.1 Å². The summed E-state index contributed by atoms with van der Waals surface area (Å²) in [4.78, 5) is 32.8. The zero-order valence-corrected chi connectivity index (χ0v) is 22.0. The molecule has 2 amide bonds. The first-order chi connectivity index (χ1) is 19.4. The van der Waals surface area contributed by atoms with Crippen molar-refractivity contribution in [2.75, 3.05) is 19.0 Å². The molecule has 0 radical (unpaired) electrons. The summed E-state index contributed by atoms with van der Waals surface area (Å²) in [5, 5.41) is 2.81. The van der Waals surface area contributed by atoms with E-state index in [1.807, 2.05) is 30.3 Å². The van der Waals surface area contributed by atoms with Gasteiger partial charge in [0.05, 0.1) is 31.3 Å². The normalized spacial score (nSPS) is 10.8. The van der Waals surface area contributed by atoms with Crippen LogP contribution in [0.15, 0.2) is 102 Å². The summed E-state index contributed by atoms with van der Waals surface area (Å²) < 4.78 is 26.7. The molecule has 0 fully saturated rings. The number of rotatable bonds is 9. The van der Waals surface area contributed by atoms with Gasteiger partial charge in [-0.15, -0.1) is 0 Å². The van der Waals surface area contributed by atoms with Gasteiger partial charge < -0.3 is 14.1 Å². The molecule has 5 rings (SSSR count). The van der Waals surface area contributed by atoms with E-state index < -0.39 is 5.91 Å². The van der Waals surface area contributed by atoms with Crippen molar-refractivity contribution in [3.63, 3.8) is 0 Å². The van der Waals surface area contributed by atoms with Crippen LogP contribution in [0.25, 0.3) is 16.9 Å². The molecule has 0 unspecified atom stereocenters. The number of aromatic nitrogens is 2. The number of aryl methyl sites for hydroxylation is 1. The first kappa shape index (κ1) is 26.4. The second-order valence-electron chi connectivity index (χ2n) is 9.14. The van der Waals surface area contributed by atoms with Crippen LogP contribution in [0.4, 0.5) is 10.3 Å². The molecule has 0 saturated heterocycles. The maximum Gasteiger partial charge on any atom is 0.254 e. The van der Waals surface area contributed by atoms with E-state index in [0.29, 0.717) is 34.0 Å². The standard InChI is InChI=1S/C31H27FN4O4/c1-21-10-13-24(17-27(21)32)36-19-28(22-7-4-3-5-8-22)33-31(36)34-29(37)20-35(18-26-9-6-16-40-26)30(38)23-11-14-25(39-2)15-12-23/h3-17,19H,18,20H2,1-2H3,(H,33,34,37). The van der Waals surface area contributed by atoms with Gasteiger partial charge in [-0.05, 0) is 61.0 Å². The van der Waals surface area contributed by atoms with E-state index in [1.54, 1.807) is 73.3 Å². The number of hydrogen-bond acceptors (Lipinski definition) is 5. The maximum absolute atomic E-state index is 14.5. The molecular weight excluding hydrogens is 511 g/mol. The molecule has 0 aliphatic heterocycles. The van der Waals surface area contributed by atoms with Gasteiger partial charge in [0.2, 0.25) is 11.9 Å². The number of ether oxygens (including phenoxy) is 1. The first-order valence-electron chi connectivity index (χ1n) is 12.6. The first-order valence-corrected chi connectivity index (χ1v) is 12.6. The Morgan fingerprint density at radius 2 is 1.80 bits per heavy atom. The number of anilines is 1. The third kappa shape index (κ3) is 5.94. The largest absolute Gasteiger partial charge is 0.497 e. The molecule has 0 aliphatic carbocycles. The molecule has 0 saturated carbocycles. The zero-order chi connectivity index (χ0) is 28.1. The van der Waals surface area contributed by atoms with Gasteiger partial charge in [0.15, 0.2) is 0 Å².